The third-order valence-electron chi connectivity index (χ3n) is 5.21. The van der Waals surface area contributed by atoms with Crippen LogP contribution in [-0.2, 0) is 9.59 Å². The fourth-order valence-electron chi connectivity index (χ4n) is 3.84. The molecule has 6 heteroatoms. The fourth-order valence-corrected chi connectivity index (χ4v) is 4.64. The summed E-state index contributed by atoms with van der Waals surface area (Å²) in [7, 11) is 0. The Balaban J connectivity index is 1.44. The summed E-state index contributed by atoms with van der Waals surface area (Å²) in [4.78, 5) is 39.6. The zero-order valence-corrected chi connectivity index (χ0v) is 15.0. The largest absolute Gasteiger partial charge is 0.342 e. The van der Waals surface area contributed by atoms with Gasteiger partial charge in [0.25, 0.3) is 5.24 Å². The maximum atomic E-state index is 12.5. The molecular formula is C18H26N2O3S. The average molecular weight is 350 g/mol. The Hall–Kier alpha value is -1.30. The minimum Gasteiger partial charge on any atom is -0.342 e. The van der Waals surface area contributed by atoms with Gasteiger partial charge < -0.3 is 9.80 Å². The van der Waals surface area contributed by atoms with Gasteiger partial charge in [0.15, 0.2) is 0 Å². The van der Waals surface area contributed by atoms with Gasteiger partial charge in [0.1, 0.15) is 5.78 Å². The van der Waals surface area contributed by atoms with Gasteiger partial charge in [-0.15, -0.1) is 0 Å². The summed E-state index contributed by atoms with van der Waals surface area (Å²) < 4.78 is 0. The average Bonchev–Trinajstić information content (AvgIpc) is 2.61. The Labute approximate surface area is 147 Å². The Morgan fingerprint density at radius 1 is 1.12 bits per heavy atom. The lowest BCUT2D eigenvalue weighted by Crippen LogP contribution is -2.39. The second-order valence-corrected chi connectivity index (χ2v) is 7.88. The highest BCUT2D eigenvalue weighted by atomic mass is 32.2. The number of Topliss-reactive ketones (excluding diaryl/α,β-unsaturated/α-hetero) is 1. The number of carbonyl (C=O) groups excluding carboxylic acids is 3. The molecule has 0 spiro atoms. The first-order valence-electron chi connectivity index (χ1n) is 9.09. The van der Waals surface area contributed by atoms with Gasteiger partial charge in [0, 0.05) is 50.3 Å². The van der Waals surface area contributed by atoms with E-state index in [0.717, 1.165) is 19.4 Å². The van der Waals surface area contributed by atoms with Gasteiger partial charge in [-0.2, -0.15) is 0 Å². The van der Waals surface area contributed by atoms with Crippen molar-refractivity contribution in [2.75, 3.05) is 25.4 Å². The zero-order chi connectivity index (χ0) is 16.9. The Kier molecular flexibility index (Phi) is 5.98. The van der Waals surface area contributed by atoms with Gasteiger partial charge in [0.05, 0.1) is 0 Å². The summed E-state index contributed by atoms with van der Waals surface area (Å²) in [6.45, 7) is 1.89. The normalized spacial score (nSPS) is 24.4. The van der Waals surface area contributed by atoms with Gasteiger partial charge >= 0.3 is 0 Å². The second-order valence-electron chi connectivity index (χ2n) is 6.83. The van der Waals surface area contributed by atoms with Gasteiger partial charge in [0.2, 0.25) is 5.91 Å². The molecule has 2 amide bonds. The van der Waals surface area contributed by atoms with Crippen LogP contribution < -0.4 is 0 Å². The molecule has 24 heavy (non-hydrogen) atoms. The first kappa shape index (κ1) is 17.5. The molecule has 2 saturated heterocycles. The van der Waals surface area contributed by atoms with Crippen LogP contribution in [0.25, 0.3) is 0 Å². The number of amides is 2. The predicted molar refractivity (Wildman–Crippen MR) is 94.7 cm³/mol. The zero-order valence-electron chi connectivity index (χ0n) is 14.2. The van der Waals surface area contributed by atoms with E-state index in [-0.39, 0.29) is 16.9 Å². The maximum absolute atomic E-state index is 12.5. The number of thioether (sulfide) groups is 1. The molecule has 0 radical (unpaired) electrons. The summed E-state index contributed by atoms with van der Waals surface area (Å²) in [5.74, 6) is 1.39. The minimum atomic E-state index is 0.0659. The summed E-state index contributed by atoms with van der Waals surface area (Å²) in [6.07, 6.45) is 9.35. The van der Waals surface area contributed by atoms with Crippen LogP contribution in [0.5, 0.6) is 0 Å². The second kappa shape index (κ2) is 8.19. The topological polar surface area (TPSA) is 57.7 Å². The van der Waals surface area contributed by atoms with E-state index in [1.165, 1.54) is 36.7 Å². The molecule has 0 bridgehead atoms. The molecule has 0 aromatic carbocycles. The number of hydrogen-bond donors (Lipinski definition) is 0. The van der Waals surface area contributed by atoms with Crippen molar-refractivity contribution in [3.63, 3.8) is 0 Å². The van der Waals surface area contributed by atoms with Crippen molar-refractivity contribution >= 4 is 28.7 Å². The summed E-state index contributed by atoms with van der Waals surface area (Å²) in [6, 6.07) is 0. The van der Waals surface area contributed by atoms with E-state index in [2.05, 4.69) is 6.08 Å². The van der Waals surface area contributed by atoms with E-state index in [9.17, 15) is 14.4 Å². The number of allylic oxidation sites excluding steroid dienone is 2. The predicted octanol–water partition coefficient (Wildman–Crippen LogP) is 3.20. The Morgan fingerprint density at radius 2 is 1.88 bits per heavy atom. The van der Waals surface area contributed by atoms with Crippen LogP contribution >= 0.6 is 11.8 Å². The van der Waals surface area contributed by atoms with Gasteiger partial charge in [-0.1, -0.05) is 17.8 Å². The lowest BCUT2D eigenvalue weighted by Gasteiger charge is -2.37. The number of piperidine rings is 2. The highest BCUT2D eigenvalue weighted by Gasteiger charge is 2.30. The van der Waals surface area contributed by atoms with Crippen LogP contribution in [0.1, 0.15) is 51.4 Å². The molecule has 0 aromatic heterocycles. The standard InChI is InChI=1S/C18H26N2O3S/c21-15-7-11-19(12-8-15)17(22)9-13-24-18(23)20-10-3-5-14-4-1-2-6-16(14)20/h6,14H,1-5,7-13H2. The molecule has 0 aromatic rings. The smallest absolute Gasteiger partial charge is 0.285 e. The molecule has 5 nitrogen and oxygen atoms in total. The number of hydrogen-bond acceptors (Lipinski definition) is 4. The third-order valence-corrected chi connectivity index (χ3v) is 6.09. The highest BCUT2D eigenvalue weighted by Crippen LogP contribution is 2.36. The van der Waals surface area contributed by atoms with Crippen LogP contribution in [0.2, 0.25) is 0 Å². The minimum absolute atomic E-state index is 0.0659. The Bertz CT molecular complexity index is 536. The first-order valence-corrected chi connectivity index (χ1v) is 10.1. The molecule has 2 heterocycles. The van der Waals surface area contributed by atoms with E-state index >= 15 is 0 Å². The number of likely N-dealkylation sites (tertiary alicyclic amines) is 2. The highest BCUT2D eigenvalue weighted by molar-refractivity contribution is 8.13. The van der Waals surface area contributed by atoms with Crippen LogP contribution in [0.15, 0.2) is 11.8 Å². The van der Waals surface area contributed by atoms with Crippen LogP contribution in [0, 0.1) is 5.92 Å². The van der Waals surface area contributed by atoms with E-state index in [1.54, 1.807) is 4.90 Å². The number of rotatable bonds is 3. The van der Waals surface area contributed by atoms with Gasteiger partial charge in [-0.05, 0) is 38.0 Å². The van der Waals surface area contributed by atoms with E-state index in [4.69, 9.17) is 0 Å². The molecule has 2 fully saturated rings. The van der Waals surface area contributed by atoms with Crippen molar-refractivity contribution in [2.45, 2.75) is 51.4 Å². The molecule has 132 valence electrons. The molecule has 3 rings (SSSR count). The number of carbonyl (C=O) groups is 3. The third kappa shape index (κ3) is 4.21. The summed E-state index contributed by atoms with van der Waals surface area (Å²) >= 11 is 1.26. The quantitative estimate of drug-likeness (QED) is 0.784. The lowest BCUT2D eigenvalue weighted by molar-refractivity contribution is -0.134. The molecule has 1 aliphatic carbocycles. The van der Waals surface area contributed by atoms with E-state index in [0.29, 0.717) is 44.0 Å². The van der Waals surface area contributed by atoms with Crippen molar-refractivity contribution in [1.82, 2.24) is 9.80 Å². The first-order chi connectivity index (χ1) is 11.6. The molecule has 2 aliphatic heterocycles. The van der Waals surface area contributed by atoms with Crippen LogP contribution in [0.3, 0.4) is 0 Å². The van der Waals surface area contributed by atoms with Crippen molar-refractivity contribution < 1.29 is 14.4 Å². The van der Waals surface area contributed by atoms with Crippen molar-refractivity contribution in [2.24, 2.45) is 5.92 Å². The molecule has 1 unspecified atom stereocenters. The van der Waals surface area contributed by atoms with E-state index < -0.39 is 0 Å². The van der Waals surface area contributed by atoms with Gasteiger partial charge in [-0.3, -0.25) is 14.4 Å². The maximum Gasteiger partial charge on any atom is 0.285 e. The number of nitrogens with zero attached hydrogens (tertiary/aromatic N) is 2. The molecule has 3 aliphatic rings. The van der Waals surface area contributed by atoms with Crippen molar-refractivity contribution in [1.29, 1.82) is 0 Å². The van der Waals surface area contributed by atoms with Crippen molar-refractivity contribution in [3.8, 4) is 0 Å². The fraction of sp³-hybridized carbons (Fsp3) is 0.722. The molecule has 0 saturated carbocycles. The number of fused-ring (bicyclic) bond motifs is 1. The van der Waals surface area contributed by atoms with Crippen LogP contribution in [0.4, 0.5) is 4.79 Å². The number of ketones is 1. The molecule has 1 atom stereocenters. The van der Waals surface area contributed by atoms with Crippen LogP contribution in [-0.4, -0.2) is 52.1 Å². The SMILES string of the molecule is O=C1CCN(C(=O)CCSC(=O)N2CCCC3CCCC=C32)CC1. The molecular weight excluding hydrogens is 324 g/mol. The van der Waals surface area contributed by atoms with Crippen molar-refractivity contribution in [3.05, 3.63) is 11.8 Å². The monoisotopic (exact) mass is 350 g/mol. The summed E-state index contributed by atoms with van der Waals surface area (Å²) in [5, 5.41) is 0.0921. The van der Waals surface area contributed by atoms with E-state index in [1.807, 2.05) is 4.90 Å². The van der Waals surface area contributed by atoms with Gasteiger partial charge in [-0.25, -0.2) is 0 Å². The lowest BCUT2D eigenvalue weighted by atomic mass is 9.85. The molecule has 0 N–H and O–H groups in total. The Morgan fingerprint density at radius 3 is 2.67 bits per heavy atom. The summed E-state index contributed by atoms with van der Waals surface area (Å²) in [5.41, 5.74) is 1.23.